The lowest BCUT2D eigenvalue weighted by molar-refractivity contribution is -0.140. The monoisotopic (exact) mass is 651 g/mol. The van der Waals surface area contributed by atoms with Crippen molar-refractivity contribution in [2.75, 3.05) is 17.4 Å². The minimum Gasteiger partial charge on any atom is -0.354 e. The summed E-state index contributed by atoms with van der Waals surface area (Å²) in [4.78, 5) is 29.7. The van der Waals surface area contributed by atoms with Crippen LogP contribution >= 0.6 is 23.2 Å². The molecule has 0 aliphatic heterocycles. The molecule has 4 aromatic rings. The van der Waals surface area contributed by atoms with E-state index in [9.17, 15) is 18.0 Å². The molecule has 10 heteroatoms. The van der Waals surface area contributed by atoms with E-state index in [4.69, 9.17) is 23.2 Å². The zero-order chi connectivity index (χ0) is 31.7. The molecule has 1 N–H and O–H groups in total. The van der Waals surface area contributed by atoms with Crippen molar-refractivity contribution in [3.8, 4) is 0 Å². The van der Waals surface area contributed by atoms with Gasteiger partial charge in [0.2, 0.25) is 11.8 Å². The maximum absolute atomic E-state index is 14.5. The predicted molar refractivity (Wildman–Crippen MR) is 176 cm³/mol. The summed E-state index contributed by atoms with van der Waals surface area (Å²) in [5.41, 5.74) is 2.77. The first-order valence-electron chi connectivity index (χ1n) is 14.3. The van der Waals surface area contributed by atoms with Crippen LogP contribution in [0.2, 0.25) is 10.0 Å². The molecule has 4 aromatic carbocycles. The van der Waals surface area contributed by atoms with Gasteiger partial charge in [0.15, 0.2) is 0 Å². The summed E-state index contributed by atoms with van der Waals surface area (Å²) in [5, 5.41) is 3.37. The van der Waals surface area contributed by atoms with E-state index in [-0.39, 0.29) is 39.5 Å². The number of anilines is 1. The number of halogens is 2. The summed E-state index contributed by atoms with van der Waals surface area (Å²) in [6.07, 6.45) is 0.955. The van der Waals surface area contributed by atoms with Gasteiger partial charge in [-0.1, -0.05) is 103 Å². The highest BCUT2D eigenvalue weighted by Crippen LogP contribution is 2.30. The van der Waals surface area contributed by atoms with Gasteiger partial charge in [0.1, 0.15) is 12.6 Å². The Morgan fingerprint density at radius 3 is 2.05 bits per heavy atom. The molecule has 44 heavy (non-hydrogen) atoms. The highest BCUT2D eigenvalue weighted by atomic mass is 35.5. The molecule has 0 unspecified atom stereocenters. The van der Waals surface area contributed by atoms with Gasteiger partial charge in [-0.15, -0.1) is 0 Å². The summed E-state index contributed by atoms with van der Waals surface area (Å²) < 4.78 is 29.1. The number of hydrogen-bond acceptors (Lipinski definition) is 4. The first kappa shape index (κ1) is 33.1. The van der Waals surface area contributed by atoms with Crippen molar-refractivity contribution in [2.24, 2.45) is 0 Å². The van der Waals surface area contributed by atoms with Gasteiger partial charge in [-0.3, -0.25) is 13.9 Å². The van der Waals surface area contributed by atoms with Gasteiger partial charge in [0, 0.05) is 29.6 Å². The molecule has 0 aromatic heterocycles. The SMILES string of the molecule is CCCNC(=O)[C@H](Cc1ccccc1)N(Cc1ccccc1C)C(=O)CN(c1cc(Cl)cc(Cl)c1)S(=O)(=O)c1ccccc1. The Morgan fingerprint density at radius 1 is 0.841 bits per heavy atom. The van der Waals surface area contributed by atoms with E-state index in [0.717, 1.165) is 21.0 Å². The predicted octanol–water partition coefficient (Wildman–Crippen LogP) is 6.66. The summed E-state index contributed by atoms with van der Waals surface area (Å²) >= 11 is 12.6. The Bertz CT molecular complexity index is 1670. The number of hydrogen-bond donors (Lipinski definition) is 1. The fourth-order valence-corrected chi connectivity index (χ4v) is 6.76. The molecule has 1 atom stereocenters. The molecule has 0 aliphatic rings. The molecule has 230 valence electrons. The lowest BCUT2D eigenvalue weighted by Crippen LogP contribution is -2.53. The van der Waals surface area contributed by atoms with Crippen LogP contribution in [0.3, 0.4) is 0 Å². The summed E-state index contributed by atoms with van der Waals surface area (Å²) in [6.45, 7) is 3.82. The number of amides is 2. The number of sulfonamides is 1. The normalized spacial score (nSPS) is 11.9. The van der Waals surface area contributed by atoms with Crippen LogP contribution in [-0.2, 0) is 32.6 Å². The molecule has 4 rings (SSSR count). The number of carbonyl (C=O) groups excluding carboxylic acids is 2. The van der Waals surface area contributed by atoms with Crippen molar-refractivity contribution in [2.45, 2.75) is 44.2 Å². The molecule has 0 fully saturated rings. The molecule has 0 heterocycles. The highest BCUT2D eigenvalue weighted by Gasteiger charge is 2.35. The van der Waals surface area contributed by atoms with Gasteiger partial charge in [-0.05, 0) is 60.4 Å². The van der Waals surface area contributed by atoms with Gasteiger partial charge in [0.05, 0.1) is 10.6 Å². The summed E-state index contributed by atoms with van der Waals surface area (Å²) in [7, 11) is -4.25. The average Bonchev–Trinajstić information content (AvgIpc) is 3.01. The molecule has 0 aliphatic carbocycles. The van der Waals surface area contributed by atoms with Gasteiger partial charge >= 0.3 is 0 Å². The Labute approximate surface area is 269 Å². The van der Waals surface area contributed by atoms with Crippen molar-refractivity contribution >= 4 is 50.7 Å². The van der Waals surface area contributed by atoms with Crippen molar-refractivity contribution in [1.29, 1.82) is 0 Å². The first-order valence-corrected chi connectivity index (χ1v) is 16.5. The third kappa shape index (κ3) is 8.40. The van der Waals surface area contributed by atoms with Crippen molar-refractivity contribution in [3.05, 3.63) is 130 Å². The largest absolute Gasteiger partial charge is 0.354 e. The first-order chi connectivity index (χ1) is 21.1. The number of rotatable bonds is 13. The third-order valence-electron chi connectivity index (χ3n) is 7.17. The van der Waals surface area contributed by atoms with Crippen molar-refractivity contribution < 1.29 is 18.0 Å². The fourth-order valence-electron chi connectivity index (χ4n) is 4.82. The molecular weight excluding hydrogens is 617 g/mol. The Kier molecular flexibility index (Phi) is 11.4. The van der Waals surface area contributed by atoms with E-state index in [1.54, 1.807) is 18.2 Å². The molecular formula is C34H35Cl2N3O4S. The van der Waals surface area contributed by atoms with Crippen LogP contribution in [0, 0.1) is 6.92 Å². The van der Waals surface area contributed by atoms with Crippen LogP contribution in [0.25, 0.3) is 0 Å². The second-order valence-corrected chi connectivity index (χ2v) is 13.1. The second kappa shape index (κ2) is 15.2. The topological polar surface area (TPSA) is 86.8 Å². The number of aryl methyl sites for hydroxylation is 1. The van der Waals surface area contributed by atoms with E-state index in [1.165, 1.54) is 35.2 Å². The standard InChI is InChI=1S/C34H35Cl2N3O4S/c1-3-18-37-34(41)32(19-26-13-6-4-7-14-26)38(23-27-15-11-10-12-25(27)2)33(40)24-39(30-21-28(35)20-29(36)22-30)44(42,43)31-16-8-5-9-17-31/h4-17,20-22,32H,3,18-19,23-24H2,1-2H3,(H,37,41)/t32-/m0/s1. The second-order valence-electron chi connectivity index (χ2n) is 10.4. The number of carbonyl (C=O) groups is 2. The maximum atomic E-state index is 14.5. The molecule has 0 saturated carbocycles. The summed E-state index contributed by atoms with van der Waals surface area (Å²) in [6, 6.07) is 28.3. The smallest absolute Gasteiger partial charge is 0.264 e. The lowest BCUT2D eigenvalue weighted by Gasteiger charge is -2.34. The minimum absolute atomic E-state index is 0.00382. The Balaban J connectivity index is 1.82. The molecule has 0 spiro atoms. The molecule has 2 amide bonds. The number of benzene rings is 4. The van der Waals surface area contributed by atoms with E-state index in [0.29, 0.717) is 13.0 Å². The molecule has 0 bridgehead atoms. The number of nitrogens with zero attached hydrogens (tertiary/aromatic N) is 2. The van der Waals surface area contributed by atoms with E-state index in [2.05, 4.69) is 5.32 Å². The van der Waals surface area contributed by atoms with Crippen molar-refractivity contribution in [1.82, 2.24) is 10.2 Å². The molecule has 7 nitrogen and oxygen atoms in total. The Morgan fingerprint density at radius 2 is 1.43 bits per heavy atom. The van der Waals surface area contributed by atoms with Gasteiger partial charge < -0.3 is 10.2 Å². The third-order valence-corrected chi connectivity index (χ3v) is 9.39. The zero-order valence-corrected chi connectivity index (χ0v) is 26.9. The Hall–Kier alpha value is -3.85. The van der Waals surface area contributed by atoms with Crippen LogP contribution < -0.4 is 9.62 Å². The average molecular weight is 653 g/mol. The van der Waals surface area contributed by atoms with Gasteiger partial charge in [-0.2, -0.15) is 0 Å². The van der Waals surface area contributed by atoms with Crippen LogP contribution in [0.5, 0.6) is 0 Å². The van der Waals surface area contributed by atoms with E-state index >= 15 is 0 Å². The number of nitrogens with one attached hydrogen (secondary N) is 1. The van der Waals surface area contributed by atoms with Gasteiger partial charge in [0.25, 0.3) is 10.0 Å². The van der Waals surface area contributed by atoms with E-state index in [1.807, 2.05) is 68.4 Å². The lowest BCUT2D eigenvalue weighted by atomic mass is 10.0. The molecule has 0 saturated heterocycles. The maximum Gasteiger partial charge on any atom is 0.264 e. The summed E-state index contributed by atoms with van der Waals surface area (Å²) in [5.74, 6) is -0.877. The van der Waals surface area contributed by atoms with Crippen LogP contribution in [0.4, 0.5) is 5.69 Å². The van der Waals surface area contributed by atoms with Crippen LogP contribution in [-0.4, -0.2) is 44.3 Å². The highest BCUT2D eigenvalue weighted by molar-refractivity contribution is 7.92. The fraction of sp³-hybridized carbons (Fsp3) is 0.235. The van der Waals surface area contributed by atoms with Crippen LogP contribution in [0.1, 0.15) is 30.0 Å². The minimum atomic E-state index is -4.25. The van der Waals surface area contributed by atoms with E-state index < -0.39 is 28.5 Å². The molecule has 0 radical (unpaired) electrons. The van der Waals surface area contributed by atoms with Crippen molar-refractivity contribution in [3.63, 3.8) is 0 Å². The quantitative estimate of drug-likeness (QED) is 0.175. The zero-order valence-electron chi connectivity index (χ0n) is 24.6. The van der Waals surface area contributed by atoms with Crippen LogP contribution in [0.15, 0.2) is 108 Å². The van der Waals surface area contributed by atoms with Gasteiger partial charge in [-0.25, -0.2) is 8.42 Å².